The zero-order valence-corrected chi connectivity index (χ0v) is 13.0. The third-order valence-corrected chi connectivity index (χ3v) is 3.22. The molecule has 0 atom stereocenters. The second-order valence-corrected chi connectivity index (χ2v) is 5.06. The lowest BCUT2D eigenvalue weighted by Gasteiger charge is -2.04. The van der Waals surface area contributed by atoms with Crippen molar-refractivity contribution < 1.29 is 13.9 Å². The molecule has 1 N–H and O–H groups in total. The molecule has 0 amide bonds. The van der Waals surface area contributed by atoms with Crippen molar-refractivity contribution >= 4 is 60.2 Å². The first-order valence-corrected chi connectivity index (χ1v) is 7.06. The van der Waals surface area contributed by atoms with Gasteiger partial charge in [-0.05, 0) is 24.3 Å². The van der Waals surface area contributed by atoms with Crippen LogP contribution in [0.25, 0.3) is 11.0 Å². The molecule has 6 heteroatoms. The summed E-state index contributed by atoms with van der Waals surface area (Å²) in [7, 11) is 0. The highest BCUT2D eigenvalue weighted by atomic mass is 127. The number of halogens is 2. The van der Waals surface area contributed by atoms with Crippen LogP contribution >= 0.6 is 45.5 Å². The highest BCUT2D eigenvalue weighted by Gasteiger charge is 2.09. The normalized spacial score (nSPS) is 10.7. The molecule has 0 radical (unpaired) electrons. The van der Waals surface area contributed by atoms with E-state index < -0.39 is 0 Å². The Balaban J connectivity index is 2.21. The van der Waals surface area contributed by atoms with Gasteiger partial charge in [-0.3, -0.25) is 8.32 Å². The molecule has 4 nitrogen and oxygen atoms in total. The number of ether oxygens (including phenoxy) is 1. The Morgan fingerprint density at radius 2 is 2.24 bits per heavy atom. The van der Waals surface area contributed by atoms with E-state index in [9.17, 15) is 4.79 Å². The molecule has 1 aromatic carbocycles. The molecule has 90 valence electrons. The fourth-order valence-corrected chi connectivity index (χ4v) is 1.90. The summed E-state index contributed by atoms with van der Waals surface area (Å²) in [4.78, 5) is 11.2. The van der Waals surface area contributed by atoms with Gasteiger partial charge in [0.2, 0.25) is 0 Å². The van der Waals surface area contributed by atoms with E-state index >= 15 is 0 Å². The topological polar surface area (TPSA) is 51.5 Å². The van der Waals surface area contributed by atoms with E-state index in [0.717, 1.165) is 17.7 Å². The van der Waals surface area contributed by atoms with Crippen LogP contribution in [0.5, 0.6) is 5.75 Å². The Hall–Kier alpha value is -0.350. The minimum Gasteiger partial charge on any atom is -0.492 e. The molecule has 2 rings (SSSR count). The number of benzene rings is 1. The highest BCUT2D eigenvalue weighted by molar-refractivity contribution is 14.1. The van der Waals surface area contributed by atoms with Gasteiger partial charge in [-0.2, -0.15) is 0 Å². The van der Waals surface area contributed by atoms with E-state index in [1.807, 2.05) is 18.2 Å². The van der Waals surface area contributed by atoms with Crippen molar-refractivity contribution in [2.45, 2.75) is 0 Å². The molecule has 1 heterocycles. The summed E-state index contributed by atoms with van der Waals surface area (Å²) >= 11 is 3.78. The molecule has 0 unspecified atom stereocenters. The van der Waals surface area contributed by atoms with Crippen LogP contribution < -0.4 is 8.27 Å². The number of carbonyl (C=O) groups excluding carboxylic acids is 1. The Labute approximate surface area is 126 Å². The molecular formula is C11H9I2NO3. The van der Waals surface area contributed by atoms with Crippen molar-refractivity contribution in [3.05, 3.63) is 30.0 Å². The van der Waals surface area contributed by atoms with Gasteiger partial charge in [0.05, 0.1) is 0 Å². The van der Waals surface area contributed by atoms with Crippen molar-refractivity contribution in [3.63, 3.8) is 0 Å². The molecule has 0 aliphatic heterocycles. The number of carbonyl (C=O) groups is 1. The molecule has 1 aromatic heterocycles. The van der Waals surface area contributed by atoms with Gasteiger partial charge in [0.15, 0.2) is 5.76 Å². The molecule has 0 saturated carbocycles. The maximum Gasteiger partial charge on any atom is 0.257 e. The Morgan fingerprint density at radius 1 is 1.41 bits per heavy atom. The van der Waals surface area contributed by atoms with Crippen LogP contribution in [0.3, 0.4) is 0 Å². The monoisotopic (exact) mass is 457 g/mol. The second kappa shape index (κ2) is 6.01. The third-order valence-electron chi connectivity index (χ3n) is 2.15. The van der Waals surface area contributed by atoms with E-state index in [0.29, 0.717) is 18.0 Å². The molecule has 0 saturated heterocycles. The number of fused-ring (bicyclic) bond motifs is 1. The lowest BCUT2D eigenvalue weighted by atomic mass is 10.2. The minimum absolute atomic E-state index is 0.101. The van der Waals surface area contributed by atoms with Gasteiger partial charge in [0.1, 0.15) is 17.9 Å². The van der Waals surface area contributed by atoms with Crippen LogP contribution in [0.15, 0.2) is 28.7 Å². The predicted molar refractivity (Wildman–Crippen MR) is 82.1 cm³/mol. The first-order chi connectivity index (χ1) is 8.20. The van der Waals surface area contributed by atoms with E-state index in [4.69, 9.17) is 9.15 Å². The average molecular weight is 457 g/mol. The van der Waals surface area contributed by atoms with Crippen molar-refractivity contribution in [2.24, 2.45) is 0 Å². The first-order valence-electron chi connectivity index (χ1n) is 4.90. The van der Waals surface area contributed by atoms with E-state index in [-0.39, 0.29) is 3.79 Å². The number of nitrogens with one attached hydrogen (secondary N) is 1. The van der Waals surface area contributed by atoms with Crippen LogP contribution in [0, 0.1) is 0 Å². The summed E-state index contributed by atoms with van der Waals surface area (Å²) in [6, 6.07) is 7.24. The smallest absolute Gasteiger partial charge is 0.257 e. The molecule has 0 aliphatic rings. The predicted octanol–water partition coefficient (Wildman–Crippen LogP) is 3.33. The van der Waals surface area contributed by atoms with E-state index in [1.54, 1.807) is 28.7 Å². The van der Waals surface area contributed by atoms with Crippen molar-refractivity contribution in [1.82, 2.24) is 3.53 Å². The summed E-state index contributed by atoms with van der Waals surface area (Å²) in [5, 5.41) is 0.880. The van der Waals surface area contributed by atoms with Crippen LogP contribution in [-0.4, -0.2) is 16.9 Å². The summed E-state index contributed by atoms with van der Waals surface area (Å²) in [5.74, 6) is 1.14. The number of hydrogen-bond donors (Lipinski definition) is 1. The summed E-state index contributed by atoms with van der Waals surface area (Å²) in [6.45, 7) is 1.38. The molecule has 0 aliphatic carbocycles. The van der Waals surface area contributed by atoms with Gasteiger partial charge in [0, 0.05) is 57.4 Å². The number of rotatable bonds is 5. The zero-order valence-electron chi connectivity index (χ0n) is 8.70. The average Bonchev–Trinajstić information content (AvgIpc) is 2.72. The Morgan fingerprint density at radius 3 is 2.94 bits per heavy atom. The van der Waals surface area contributed by atoms with Gasteiger partial charge < -0.3 is 9.15 Å². The third kappa shape index (κ3) is 3.32. The lowest BCUT2D eigenvalue weighted by Crippen LogP contribution is -2.10. The SMILES string of the molecule is O=C(I)c1cc2cc(OCCNI)ccc2o1. The largest absolute Gasteiger partial charge is 0.492 e. The van der Waals surface area contributed by atoms with Gasteiger partial charge in [0.25, 0.3) is 3.79 Å². The van der Waals surface area contributed by atoms with Crippen LogP contribution in [0.1, 0.15) is 10.6 Å². The molecule has 2 aromatic rings. The van der Waals surface area contributed by atoms with Gasteiger partial charge in [-0.1, -0.05) is 0 Å². The summed E-state index contributed by atoms with van der Waals surface area (Å²) in [5.41, 5.74) is 0.699. The quantitative estimate of drug-likeness (QED) is 0.324. The van der Waals surface area contributed by atoms with Crippen LogP contribution in [-0.2, 0) is 0 Å². The maximum atomic E-state index is 11.2. The Kier molecular flexibility index (Phi) is 4.62. The van der Waals surface area contributed by atoms with Crippen molar-refractivity contribution in [3.8, 4) is 5.75 Å². The fourth-order valence-electron chi connectivity index (χ4n) is 1.42. The second-order valence-electron chi connectivity index (χ2n) is 3.32. The molecule has 17 heavy (non-hydrogen) atoms. The zero-order chi connectivity index (χ0) is 12.3. The lowest BCUT2D eigenvalue weighted by molar-refractivity contribution is 0.108. The Bertz CT molecular complexity index is 538. The number of furan rings is 1. The fraction of sp³-hybridized carbons (Fsp3) is 0.182. The van der Waals surface area contributed by atoms with Gasteiger partial charge in [-0.25, -0.2) is 0 Å². The number of hydrogen-bond acceptors (Lipinski definition) is 4. The van der Waals surface area contributed by atoms with Crippen LogP contribution in [0.2, 0.25) is 0 Å². The van der Waals surface area contributed by atoms with Gasteiger partial charge in [-0.15, -0.1) is 0 Å². The molecular weight excluding hydrogens is 448 g/mol. The molecule has 0 fully saturated rings. The minimum atomic E-state index is -0.101. The van der Waals surface area contributed by atoms with E-state index in [2.05, 4.69) is 26.4 Å². The first kappa shape index (κ1) is 13.1. The standard InChI is InChI=1S/C11H9I2NO3/c12-11(15)10-6-7-5-8(16-4-3-14-13)1-2-9(7)17-10/h1-2,5-6,14H,3-4H2. The van der Waals surface area contributed by atoms with Crippen molar-refractivity contribution in [2.75, 3.05) is 13.2 Å². The maximum absolute atomic E-state index is 11.2. The highest BCUT2D eigenvalue weighted by Crippen LogP contribution is 2.25. The van der Waals surface area contributed by atoms with Gasteiger partial charge >= 0.3 is 0 Å². The summed E-state index contributed by atoms with van der Waals surface area (Å²) < 4.78 is 13.8. The summed E-state index contributed by atoms with van der Waals surface area (Å²) in [6.07, 6.45) is 0. The van der Waals surface area contributed by atoms with Crippen LogP contribution in [0.4, 0.5) is 0 Å². The van der Waals surface area contributed by atoms with Crippen molar-refractivity contribution in [1.29, 1.82) is 0 Å². The molecule has 0 spiro atoms. The van der Waals surface area contributed by atoms with E-state index in [1.165, 1.54) is 0 Å². The molecule has 0 bridgehead atoms.